The Balaban J connectivity index is 1.81. The molecule has 5 heteroatoms. The van der Waals surface area contributed by atoms with Crippen molar-refractivity contribution >= 4 is 17.6 Å². The number of nitrogens with one attached hydrogen (secondary N) is 2. The van der Waals surface area contributed by atoms with Gasteiger partial charge in [-0.05, 0) is 43.9 Å². The Morgan fingerprint density at radius 1 is 1.41 bits per heavy atom. The summed E-state index contributed by atoms with van der Waals surface area (Å²) in [4.78, 5) is 26.0. The molecule has 2 aliphatic rings. The first-order valence-electron chi connectivity index (χ1n) is 7.79. The lowest BCUT2D eigenvalue weighted by Crippen LogP contribution is -2.35. The number of benzene rings is 1. The van der Waals surface area contributed by atoms with E-state index in [2.05, 4.69) is 22.8 Å². The van der Waals surface area contributed by atoms with Gasteiger partial charge in [0.2, 0.25) is 0 Å². The second kappa shape index (κ2) is 6.22. The molecule has 1 unspecified atom stereocenters. The average Bonchev–Trinajstić information content (AvgIpc) is 2.94. The number of rotatable bonds is 3. The molecule has 0 saturated carbocycles. The van der Waals surface area contributed by atoms with Crippen LogP contribution in [0.25, 0.3) is 0 Å². The number of hydrogen-bond acceptors (Lipinski definition) is 2. The van der Waals surface area contributed by atoms with Crippen molar-refractivity contribution in [1.82, 2.24) is 10.6 Å². The number of carbonyl (C=O) groups is 2. The highest BCUT2D eigenvalue weighted by atomic mass is 16.2. The molecular weight excluding hydrogens is 278 g/mol. The van der Waals surface area contributed by atoms with Crippen molar-refractivity contribution in [2.75, 3.05) is 18.0 Å². The number of carbonyl (C=O) groups excluding carboxylic acids is 2. The van der Waals surface area contributed by atoms with Crippen molar-refractivity contribution < 1.29 is 9.59 Å². The van der Waals surface area contributed by atoms with Crippen LogP contribution in [0.5, 0.6) is 0 Å². The van der Waals surface area contributed by atoms with Gasteiger partial charge in [0.05, 0.1) is 0 Å². The number of hydrogen-bond donors (Lipinski definition) is 2. The minimum absolute atomic E-state index is 0.0736. The number of amides is 3. The Morgan fingerprint density at radius 3 is 2.95 bits per heavy atom. The standard InChI is InChI=1S/C17H21N3O2/c1-12-14(16(21)19-13-6-3-2-4-7-13)8-5-9-15(12)20-11-10-18-17(20)22/h3,5-6,8-9,13H,2,4,7,10-11H2,1H3,(H,18,22)(H,19,21). The quantitative estimate of drug-likeness (QED) is 0.842. The molecule has 1 saturated heterocycles. The van der Waals surface area contributed by atoms with Crippen LogP contribution < -0.4 is 15.5 Å². The van der Waals surface area contributed by atoms with E-state index in [1.807, 2.05) is 25.1 Å². The third kappa shape index (κ3) is 2.84. The second-order valence-electron chi connectivity index (χ2n) is 5.77. The second-order valence-corrected chi connectivity index (χ2v) is 5.77. The minimum Gasteiger partial charge on any atom is -0.346 e. The minimum atomic E-state index is -0.101. The van der Waals surface area contributed by atoms with Crippen LogP contribution in [0.2, 0.25) is 0 Å². The van der Waals surface area contributed by atoms with E-state index >= 15 is 0 Å². The van der Waals surface area contributed by atoms with Crippen LogP contribution >= 0.6 is 0 Å². The van der Waals surface area contributed by atoms with E-state index < -0.39 is 0 Å². The van der Waals surface area contributed by atoms with Crippen LogP contribution in [0.4, 0.5) is 10.5 Å². The highest BCUT2D eigenvalue weighted by Gasteiger charge is 2.24. The molecule has 1 aromatic rings. The maximum absolute atomic E-state index is 12.5. The molecule has 2 N–H and O–H groups in total. The van der Waals surface area contributed by atoms with Gasteiger partial charge in [-0.2, -0.15) is 0 Å². The predicted molar refractivity (Wildman–Crippen MR) is 86.2 cm³/mol. The van der Waals surface area contributed by atoms with Crippen molar-refractivity contribution in [3.05, 3.63) is 41.5 Å². The molecule has 0 spiro atoms. The molecule has 116 valence electrons. The van der Waals surface area contributed by atoms with Crippen LogP contribution in [0.1, 0.15) is 35.2 Å². The molecule has 5 nitrogen and oxygen atoms in total. The highest BCUT2D eigenvalue weighted by Crippen LogP contribution is 2.25. The lowest BCUT2D eigenvalue weighted by atomic mass is 10.0. The van der Waals surface area contributed by atoms with Gasteiger partial charge in [-0.3, -0.25) is 9.69 Å². The molecule has 1 heterocycles. The molecule has 1 aliphatic carbocycles. The molecule has 3 rings (SSSR count). The van der Waals surface area contributed by atoms with Crippen molar-refractivity contribution in [2.45, 2.75) is 32.2 Å². The Morgan fingerprint density at radius 2 is 2.27 bits per heavy atom. The van der Waals surface area contributed by atoms with E-state index in [0.717, 1.165) is 30.5 Å². The third-order valence-electron chi connectivity index (χ3n) is 4.27. The third-order valence-corrected chi connectivity index (χ3v) is 4.27. The fourth-order valence-corrected chi connectivity index (χ4v) is 3.04. The van der Waals surface area contributed by atoms with E-state index in [0.29, 0.717) is 18.7 Å². The van der Waals surface area contributed by atoms with Crippen molar-refractivity contribution in [3.63, 3.8) is 0 Å². The number of anilines is 1. The summed E-state index contributed by atoms with van der Waals surface area (Å²) in [6.07, 6.45) is 7.36. The Hall–Kier alpha value is -2.30. The van der Waals surface area contributed by atoms with E-state index in [-0.39, 0.29) is 18.0 Å². The van der Waals surface area contributed by atoms with Gasteiger partial charge in [-0.25, -0.2) is 4.79 Å². The molecule has 1 aliphatic heterocycles. The summed E-state index contributed by atoms with van der Waals surface area (Å²) in [7, 11) is 0. The van der Waals surface area contributed by atoms with Gasteiger partial charge in [-0.1, -0.05) is 18.2 Å². The maximum atomic E-state index is 12.5. The molecule has 1 aromatic carbocycles. The maximum Gasteiger partial charge on any atom is 0.322 e. The predicted octanol–water partition coefficient (Wildman–Crippen LogP) is 2.36. The molecule has 22 heavy (non-hydrogen) atoms. The number of nitrogens with zero attached hydrogens (tertiary/aromatic N) is 1. The van der Waals surface area contributed by atoms with Gasteiger partial charge in [0, 0.05) is 30.4 Å². The van der Waals surface area contributed by atoms with Crippen molar-refractivity contribution in [1.29, 1.82) is 0 Å². The largest absolute Gasteiger partial charge is 0.346 e. The zero-order valence-electron chi connectivity index (χ0n) is 12.8. The van der Waals surface area contributed by atoms with Gasteiger partial charge in [0.25, 0.3) is 5.91 Å². The summed E-state index contributed by atoms with van der Waals surface area (Å²) in [6.45, 7) is 3.17. The topological polar surface area (TPSA) is 61.4 Å². The zero-order chi connectivity index (χ0) is 15.5. The summed E-state index contributed by atoms with van der Waals surface area (Å²) < 4.78 is 0. The lowest BCUT2D eigenvalue weighted by Gasteiger charge is -2.21. The van der Waals surface area contributed by atoms with Crippen LogP contribution in [0, 0.1) is 6.92 Å². The van der Waals surface area contributed by atoms with E-state index in [9.17, 15) is 9.59 Å². The first-order chi connectivity index (χ1) is 10.7. The van der Waals surface area contributed by atoms with E-state index in [1.54, 1.807) is 4.90 Å². The summed E-state index contributed by atoms with van der Waals surface area (Å²) in [5.74, 6) is -0.0736. The Bertz CT molecular complexity index is 624. The molecule has 0 bridgehead atoms. The number of allylic oxidation sites excluding steroid dienone is 1. The fourth-order valence-electron chi connectivity index (χ4n) is 3.04. The first kappa shape index (κ1) is 14.6. The zero-order valence-corrected chi connectivity index (χ0v) is 12.8. The molecular formula is C17H21N3O2. The van der Waals surface area contributed by atoms with E-state index in [1.165, 1.54) is 0 Å². The smallest absolute Gasteiger partial charge is 0.322 e. The summed E-state index contributed by atoms with van der Waals surface area (Å²) in [5.41, 5.74) is 2.29. The molecule has 3 amide bonds. The average molecular weight is 299 g/mol. The van der Waals surface area contributed by atoms with Gasteiger partial charge in [-0.15, -0.1) is 0 Å². The van der Waals surface area contributed by atoms with Gasteiger partial charge in [0.15, 0.2) is 0 Å². The van der Waals surface area contributed by atoms with Crippen LogP contribution in [0.3, 0.4) is 0 Å². The van der Waals surface area contributed by atoms with Crippen molar-refractivity contribution in [3.8, 4) is 0 Å². The Labute approximate surface area is 130 Å². The van der Waals surface area contributed by atoms with Crippen LogP contribution in [-0.4, -0.2) is 31.1 Å². The van der Waals surface area contributed by atoms with Crippen LogP contribution in [-0.2, 0) is 0 Å². The SMILES string of the molecule is Cc1c(C(=O)NC2C=CCCC2)cccc1N1CCNC1=O. The molecule has 1 fully saturated rings. The van der Waals surface area contributed by atoms with Gasteiger partial charge >= 0.3 is 6.03 Å². The number of urea groups is 1. The van der Waals surface area contributed by atoms with Crippen LogP contribution in [0.15, 0.2) is 30.4 Å². The van der Waals surface area contributed by atoms with E-state index in [4.69, 9.17) is 0 Å². The van der Waals surface area contributed by atoms with Gasteiger partial charge in [0.1, 0.15) is 0 Å². The highest BCUT2D eigenvalue weighted by molar-refractivity contribution is 6.00. The normalized spacial score (nSPS) is 20.9. The summed E-state index contributed by atoms with van der Waals surface area (Å²) >= 11 is 0. The fraction of sp³-hybridized carbons (Fsp3) is 0.412. The monoisotopic (exact) mass is 299 g/mol. The van der Waals surface area contributed by atoms with Crippen molar-refractivity contribution in [2.24, 2.45) is 0 Å². The van der Waals surface area contributed by atoms with Gasteiger partial charge < -0.3 is 10.6 Å². The molecule has 0 radical (unpaired) electrons. The molecule has 0 aromatic heterocycles. The Kier molecular flexibility index (Phi) is 4.13. The summed E-state index contributed by atoms with van der Waals surface area (Å²) in [5, 5.41) is 5.85. The molecule has 1 atom stereocenters. The first-order valence-corrected chi connectivity index (χ1v) is 7.79. The summed E-state index contributed by atoms with van der Waals surface area (Å²) in [6, 6.07) is 5.54. The lowest BCUT2D eigenvalue weighted by molar-refractivity contribution is 0.0941.